The summed E-state index contributed by atoms with van der Waals surface area (Å²) >= 11 is 0. The summed E-state index contributed by atoms with van der Waals surface area (Å²) in [5.74, 6) is 1.24. The van der Waals surface area contributed by atoms with E-state index in [1.54, 1.807) is 0 Å². The molecule has 1 rings (SSSR count). The normalized spacial score (nSPS) is 11.2. The van der Waals surface area contributed by atoms with Crippen LogP contribution >= 0.6 is 0 Å². The van der Waals surface area contributed by atoms with E-state index >= 15 is 0 Å². The molecule has 0 bridgehead atoms. The minimum absolute atomic E-state index is 0.709. The van der Waals surface area contributed by atoms with Crippen LogP contribution in [0.2, 0.25) is 13.1 Å². The minimum Gasteiger partial charge on any atom is -0.542 e. The Hall–Kier alpha value is -0.763. The van der Waals surface area contributed by atoms with Crippen LogP contribution in [0.15, 0.2) is 12.1 Å². The first-order chi connectivity index (χ1) is 10.6. The van der Waals surface area contributed by atoms with E-state index in [2.05, 4.69) is 46.0 Å². The molecule has 0 unspecified atom stereocenters. The largest absolute Gasteiger partial charge is 0.542 e. The second kappa shape index (κ2) is 10.9. The first kappa shape index (κ1) is 19.3. The summed E-state index contributed by atoms with van der Waals surface area (Å²) in [5, 5.41) is 0. The average molecular weight is 320 g/mol. The van der Waals surface area contributed by atoms with Gasteiger partial charge in [-0.05, 0) is 68.3 Å². The van der Waals surface area contributed by atoms with Gasteiger partial charge >= 0.3 is 0 Å². The summed E-state index contributed by atoms with van der Waals surface area (Å²) in [5.41, 5.74) is 4.45. The zero-order valence-electron chi connectivity index (χ0n) is 15.4. The van der Waals surface area contributed by atoms with Crippen molar-refractivity contribution in [3.05, 3.63) is 28.8 Å². The summed E-state index contributed by atoms with van der Waals surface area (Å²) < 4.78 is 6.33. The van der Waals surface area contributed by atoms with Gasteiger partial charge in [-0.15, -0.1) is 0 Å². The highest BCUT2D eigenvalue weighted by molar-refractivity contribution is 6.49. The SMILES string of the molecule is CCCCc1cc(CCCC)c(O[Si](C)C)c(CCCC)c1. The second-order valence-electron chi connectivity index (χ2n) is 6.56. The zero-order valence-corrected chi connectivity index (χ0v) is 16.4. The third-order valence-corrected chi connectivity index (χ3v) is 4.64. The molecule has 0 aliphatic carbocycles. The molecule has 0 N–H and O–H groups in total. The van der Waals surface area contributed by atoms with Gasteiger partial charge in [-0.3, -0.25) is 0 Å². The van der Waals surface area contributed by atoms with Crippen molar-refractivity contribution in [2.45, 2.75) is 91.7 Å². The molecular weight excluding hydrogens is 284 g/mol. The molecule has 0 saturated heterocycles. The number of hydrogen-bond donors (Lipinski definition) is 0. The third-order valence-electron chi connectivity index (χ3n) is 4.03. The lowest BCUT2D eigenvalue weighted by molar-refractivity contribution is 0.555. The van der Waals surface area contributed by atoms with E-state index in [4.69, 9.17) is 4.43 Å². The molecule has 1 nitrogen and oxygen atoms in total. The van der Waals surface area contributed by atoms with Crippen LogP contribution in [0.5, 0.6) is 5.75 Å². The summed E-state index contributed by atoms with van der Waals surface area (Å²) in [6.07, 6.45) is 11.1. The van der Waals surface area contributed by atoms with Crippen molar-refractivity contribution < 1.29 is 4.43 Å². The van der Waals surface area contributed by atoms with Gasteiger partial charge < -0.3 is 4.43 Å². The molecule has 1 aromatic rings. The fourth-order valence-electron chi connectivity index (χ4n) is 2.79. The molecule has 2 heteroatoms. The van der Waals surface area contributed by atoms with Gasteiger partial charge in [0.25, 0.3) is 9.04 Å². The highest BCUT2D eigenvalue weighted by atomic mass is 28.3. The zero-order chi connectivity index (χ0) is 16.4. The number of rotatable bonds is 11. The molecule has 0 heterocycles. The molecule has 0 amide bonds. The van der Waals surface area contributed by atoms with E-state index in [0.29, 0.717) is 0 Å². The summed E-state index contributed by atoms with van der Waals surface area (Å²) in [6.45, 7) is 11.3. The second-order valence-corrected chi connectivity index (χ2v) is 8.58. The molecule has 0 aromatic heterocycles. The van der Waals surface area contributed by atoms with Crippen LogP contribution in [0.1, 0.15) is 76.0 Å². The van der Waals surface area contributed by atoms with Gasteiger partial charge in [0.1, 0.15) is 5.75 Å². The van der Waals surface area contributed by atoms with Crippen molar-refractivity contribution >= 4 is 9.04 Å². The van der Waals surface area contributed by atoms with Crippen molar-refractivity contribution in [3.8, 4) is 5.75 Å². The minimum atomic E-state index is -0.709. The van der Waals surface area contributed by atoms with E-state index in [1.165, 1.54) is 80.2 Å². The van der Waals surface area contributed by atoms with Crippen LogP contribution < -0.4 is 4.43 Å². The van der Waals surface area contributed by atoms with Gasteiger partial charge in [-0.25, -0.2) is 0 Å². The Labute approximate surface area is 140 Å². The van der Waals surface area contributed by atoms with Crippen LogP contribution in [0, 0.1) is 0 Å². The van der Waals surface area contributed by atoms with Gasteiger partial charge in [-0.1, -0.05) is 52.2 Å². The van der Waals surface area contributed by atoms with E-state index in [1.807, 2.05) is 0 Å². The maximum Gasteiger partial charge on any atom is 0.274 e. The molecule has 0 saturated carbocycles. The van der Waals surface area contributed by atoms with Crippen molar-refractivity contribution in [3.63, 3.8) is 0 Å². The lowest BCUT2D eigenvalue weighted by atomic mass is 9.95. The lowest BCUT2D eigenvalue weighted by Crippen LogP contribution is -2.15. The molecule has 0 spiro atoms. The summed E-state index contributed by atoms with van der Waals surface area (Å²) in [6, 6.07) is 4.86. The van der Waals surface area contributed by atoms with Crippen molar-refractivity contribution in [1.82, 2.24) is 0 Å². The monoisotopic (exact) mass is 319 g/mol. The lowest BCUT2D eigenvalue weighted by Gasteiger charge is -2.20. The number of unbranched alkanes of at least 4 members (excludes halogenated alkanes) is 3. The number of hydrogen-bond acceptors (Lipinski definition) is 1. The highest BCUT2D eigenvalue weighted by Crippen LogP contribution is 2.30. The maximum absolute atomic E-state index is 6.33. The van der Waals surface area contributed by atoms with Crippen molar-refractivity contribution in [2.24, 2.45) is 0 Å². The Bertz CT molecular complexity index is 397. The molecule has 1 radical (unpaired) electrons. The smallest absolute Gasteiger partial charge is 0.274 e. The maximum atomic E-state index is 6.33. The van der Waals surface area contributed by atoms with E-state index < -0.39 is 9.04 Å². The van der Waals surface area contributed by atoms with Crippen LogP contribution in [0.3, 0.4) is 0 Å². The first-order valence-corrected chi connectivity index (χ1v) is 11.7. The number of aryl methyl sites for hydroxylation is 3. The Morgan fingerprint density at radius 1 is 0.773 bits per heavy atom. The summed E-state index contributed by atoms with van der Waals surface area (Å²) in [7, 11) is -0.709. The topological polar surface area (TPSA) is 9.23 Å². The fraction of sp³-hybridized carbons (Fsp3) is 0.700. The predicted octanol–water partition coefficient (Wildman–Crippen LogP) is 6.34. The fourth-order valence-corrected chi connectivity index (χ4v) is 3.46. The molecular formula is C20H35OSi. The van der Waals surface area contributed by atoms with Crippen LogP contribution in [-0.4, -0.2) is 9.04 Å². The standard InChI is InChI=1S/C20H35OSi/c1-6-9-12-17-15-18(13-10-7-2)20(21-22(4)5)19(16-17)14-11-8-3/h15-16H,6-14H2,1-5H3. The Morgan fingerprint density at radius 3 is 1.64 bits per heavy atom. The Balaban J connectivity index is 3.13. The van der Waals surface area contributed by atoms with Crippen LogP contribution in [0.25, 0.3) is 0 Å². The van der Waals surface area contributed by atoms with Gasteiger partial charge in [-0.2, -0.15) is 0 Å². The Morgan fingerprint density at radius 2 is 1.23 bits per heavy atom. The Kier molecular flexibility index (Phi) is 9.54. The third kappa shape index (κ3) is 6.56. The van der Waals surface area contributed by atoms with Gasteiger partial charge in [0, 0.05) is 0 Å². The van der Waals surface area contributed by atoms with Crippen molar-refractivity contribution in [2.75, 3.05) is 0 Å². The molecule has 0 aliphatic rings. The molecule has 0 fully saturated rings. The molecule has 1 aromatic carbocycles. The highest BCUT2D eigenvalue weighted by Gasteiger charge is 2.14. The first-order valence-electron chi connectivity index (χ1n) is 9.24. The van der Waals surface area contributed by atoms with Crippen LogP contribution in [-0.2, 0) is 19.3 Å². The quantitative estimate of drug-likeness (QED) is 0.432. The predicted molar refractivity (Wildman–Crippen MR) is 100 cm³/mol. The number of benzene rings is 1. The van der Waals surface area contributed by atoms with Gasteiger partial charge in [0.05, 0.1) is 0 Å². The average Bonchev–Trinajstić information content (AvgIpc) is 2.50. The molecule has 0 atom stereocenters. The van der Waals surface area contributed by atoms with E-state index in [9.17, 15) is 0 Å². The van der Waals surface area contributed by atoms with E-state index in [-0.39, 0.29) is 0 Å². The molecule has 125 valence electrons. The van der Waals surface area contributed by atoms with Gasteiger partial charge in [0.2, 0.25) is 0 Å². The molecule has 0 aliphatic heterocycles. The van der Waals surface area contributed by atoms with Gasteiger partial charge in [0.15, 0.2) is 0 Å². The van der Waals surface area contributed by atoms with E-state index in [0.717, 1.165) is 0 Å². The summed E-state index contributed by atoms with van der Waals surface area (Å²) in [4.78, 5) is 0. The van der Waals surface area contributed by atoms with Crippen LogP contribution in [0.4, 0.5) is 0 Å². The van der Waals surface area contributed by atoms with Crippen molar-refractivity contribution in [1.29, 1.82) is 0 Å². The molecule has 22 heavy (non-hydrogen) atoms.